The Hall–Kier alpha value is -2.56. The van der Waals surface area contributed by atoms with Crippen LogP contribution >= 0.6 is 0 Å². The summed E-state index contributed by atoms with van der Waals surface area (Å²) in [6.45, 7) is 5.44. The second-order valence-corrected chi connectivity index (χ2v) is 8.92. The van der Waals surface area contributed by atoms with Crippen LogP contribution in [0.25, 0.3) is 5.65 Å². The molecule has 5 heteroatoms. The number of fused-ring (bicyclic) bond motifs is 1. The molecule has 1 aliphatic heterocycles. The third kappa shape index (κ3) is 2.60. The molecule has 1 spiro atoms. The number of para-hydroxylation sites is 1. The Kier molecular flexibility index (Phi) is 3.49. The Bertz CT molecular complexity index is 1020. The lowest BCUT2D eigenvalue weighted by atomic mass is 10.1. The largest absolute Gasteiger partial charge is 0.367 e. The highest BCUT2D eigenvalue weighted by atomic mass is 15.3. The van der Waals surface area contributed by atoms with Gasteiger partial charge in [-0.15, -0.1) is 10.2 Å². The van der Waals surface area contributed by atoms with Gasteiger partial charge in [-0.05, 0) is 56.7 Å². The van der Waals surface area contributed by atoms with Crippen LogP contribution in [0.1, 0.15) is 37.1 Å². The number of hydrogen-bond donors (Lipinski definition) is 0. The number of aryl methyl sites for hydroxylation is 1. The van der Waals surface area contributed by atoms with E-state index in [1.165, 1.54) is 42.6 Å². The summed E-state index contributed by atoms with van der Waals surface area (Å²) in [5.41, 5.74) is 5.30. The van der Waals surface area contributed by atoms with Gasteiger partial charge in [-0.2, -0.15) is 0 Å². The number of pyridine rings is 1. The first-order valence-electron chi connectivity index (χ1n) is 10.6. The van der Waals surface area contributed by atoms with Crippen LogP contribution in [0.3, 0.4) is 0 Å². The first-order valence-corrected chi connectivity index (χ1v) is 10.6. The van der Waals surface area contributed by atoms with Gasteiger partial charge < -0.3 is 9.80 Å². The van der Waals surface area contributed by atoms with Crippen molar-refractivity contribution >= 4 is 17.0 Å². The number of nitrogens with zero attached hydrogens (tertiary/aromatic N) is 5. The predicted molar refractivity (Wildman–Crippen MR) is 112 cm³/mol. The summed E-state index contributed by atoms with van der Waals surface area (Å²) in [5.74, 6) is 1.95. The summed E-state index contributed by atoms with van der Waals surface area (Å²) in [6.07, 6.45) is 8.53. The van der Waals surface area contributed by atoms with E-state index in [0.29, 0.717) is 5.54 Å². The van der Waals surface area contributed by atoms with Crippen LogP contribution in [0.15, 0.2) is 42.6 Å². The molecular weight excluding hydrogens is 346 g/mol. The summed E-state index contributed by atoms with van der Waals surface area (Å²) in [6, 6.07) is 13.2. The van der Waals surface area contributed by atoms with Crippen molar-refractivity contribution in [3.63, 3.8) is 0 Å². The summed E-state index contributed by atoms with van der Waals surface area (Å²) in [5, 5.41) is 9.05. The number of hydrogen-bond acceptors (Lipinski definition) is 4. The van der Waals surface area contributed by atoms with Gasteiger partial charge in [-0.1, -0.05) is 18.2 Å². The number of rotatable bonds is 4. The average Bonchev–Trinajstić information content (AvgIpc) is 3.64. The van der Waals surface area contributed by atoms with Crippen molar-refractivity contribution in [2.24, 2.45) is 5.92 Å². The molecule has 6 rings (SSSR count). The SMILES string of the molecule is Cc1c(N2CCN(c3ccccc3)C3(CC3)C2)ccn2c(CC3CC3)nnc12. The van der Waals surface area contributed by atoms with E-state index >= 15 is 0 Å². The van der Waals surface area contributed by atoms with E-state index < -0.39 is 0 Å². The van der Waals surface area contributed by atoms with Gasteiger partial charge in [0.2, 0.25) is 0 Å². The number of piperazine rings is 1. The summed E-state index contributed by atoms with van der Waals surface area (Å²) < 4.78 is 2.21. The van der Waals surface area contributed by atoms with Crippen molar-refractivity contribution in [2.75, 3.05) is 29.4 Å². The lowest BCUT2D eigenvalue weighted by Gasteiger charge is -2.45. The minimum atomic E-state index is 0.309. The van der Waals surface area contributed by atoms with Gasteiger partial charge in [0.1, 0.15) is 5.82 Å². The van der Waals surface area contributed by atoms with E-state index in [2.05, 4.69) is 73.9 Å². The van der Waals surface area contributed by atoms with Crippen LogP contribution in [0.2, 0.25) is 0 Å². The molecule has 3 heterocycles. The van der Waals surface area contributed by atoms with Crippen LogP contribution < -0.4 is 9.80 Å². The fourth-order valence-electron chi connectivity index (χ4n) is 4.95. The Morgan fingerprint density at radius 3 is 2.61 bits per heavy atom. The smallest absolute Gasteiger partial charge is 0.165 e. The fraction of sp³-hybridized carbons (Fsp3) is 0.478. The maximum Gasteiger partial charge on any atom is 0.165 e. The van der Waals surface area contributed by atoms with E-state index in [4.69, 9.17) is 0 Å². The van der Waals surface area contributed by atoms with Crippen molar-refractivity contribution in [3.8, 4) is 0 Å². The molecule has 3 fully saturated rings. The van der Waals surface area contributed by atoms with E-state index in [9.17, 15) is 0 Å². The second kappa shape index (κ2) is 5.97. The molecule has 0 amide bonds. The molecule has 0 N–H and O–H groups in total. The first-order chi connectivity index (χ1) is 13.7. The monoisotopic (exact) mass is 373 g/mol. The normalized spacial score (nSPS) is 20.9. The highest BCUT2D eigenvalue weighted by Gasteiger charge is 2.51. The van der Waals surface area contributed by atoms with E-state index in [-0.39, 0.29) is 0 Å². The molecule has 2 saturated carbocycles. The minimum absolute atomic E-state index is 0.309. The molecule has 3 aliphatic rings. The van der Waals surface area contributed by atoms with Crippen LogP contribution in [-0.4, -0.2) is 39.8 Å². The van der Waals surface area contributed by atoms with Gasteiger partial charge in [0.05, 0.1) is 5.54 Å². The lowest BCUT2D eigenvalue weighted by molar-refractivity contribution is 0.509. The zero-order valence-electron chi connectivity index (χ0n) is 16.5. The van der Waals surface area contributed by atoms with E-state index in [0.717, 1.165) is 43.4 Å². The molecule has 1 saturated heterocycles. The highest BCUT2D eigenvalue weighted by molar-refractivity contribution is 5.66. The number of benzene rings is 1. The highest BCUT2D eigenvalue weighted by Crippen LogP contribution is 2.47. The molecular formula is C23H27N5. The molecule has 144 valence electrons. The van der Waals surface area contributed by atoms with Crippen LogP contribution in [0, 0.1) is 12.8 Å². The summed E-state index contributed by atoms with van der Waals surface area (Å²) >= 11 is 0. The summed E-state index contributed by atoms with van der Waals surface area (Å²) in [4.78, 5) is 5.22. The molecule has 3 aromatic rings. The van der Waals surface area contributed by atoms with Crippen molar-refractivity contribution < 1.29 is 0 Å². The third-order valence-corrected chi connectivity index (χ3v) is 6.92. The minimum Gasteiger partial charge on any atom is -0.367 e. The molecule has 0 atom stereocenters. The first kappa shape index (κ1) is 16.4. The zero-order chi connectivity index (χ0) is 18.7. The summed E-state index contributed by atoms with van der Waals surface area (Å²) in [7, 11) is 0. The topological polar surface area (TPSA) is 36.7 Å². The third-order valence-electron chi connectivity index (χ3n) is 6.92. The standard InChI is InChI=1S/C23H27N5/c1-17-20(9-12-27-21(15-18-7-8-18)24-25-22(17)27)26-13-14-28(23(16-26)10-11-23)19-5-3-2-4-6-19/h2-6,9,12,18H,7-8,10-11,13-16H2,1H3. The zero-order valence-corrected chi connectivity index (χ0v) is 16.5. The van der Waals surface area contributed by atoms with Crippen molar-refractivity contribution in [1.29, 1.82) is 0 Å². The maximum absolute atomic E-state index is 4.54. The Balaban J connectivity index is 1.29. The average molecular weight is 374 g/mol. The molecule has 2 aliphatic carbocycles. The number of anilines is 2. The molecule has 5 nitrogen and oxygen atoms in total. The van der Waals surface area contributed by atoms with Gasteiger partial charge >= 0.3 is 0 Å². The molecule has 0 bridgehead atoms. The van der Waals surface area contributed by atoms with Gasteiger partial charge in [0, 0.05) is 49.2 Å². The van der Waals surface area contributed by atoms with Crippen molar-refractivity contribution in [1.82, 2.24) is 14.6 Å². The fourth-order valence-corrected chi connectivity index (χ4v) is 4.95. The Labute approximate surface area is 166 Å². The quantitative estimate of drug-likeness (QED) is 0.696. The molecule has 28 heavy (non-hydrogen) atoms. The van der Waals surface area contributed by atoms with Gasteiger partial charge in [0.15, 0.2) is 5.65 Å². The molecule has 1 aromatic carbocycles. The lowest BCUT2D eigenvalue weighted by Crippen LogP contribution is -2.55. The predicted octanol–water partition coefficient (Wildman–Crippen LogP) is 3.85. The van der Waals surface area contributed by atoms with Gasteiger partial charge in [-0.3, -0.25) is 4.40 Å². The Morgan fingerprint density at radius 2 is 1.86 bits per heavy atom. The molecule has 0 unspecified atom stereocenters. The molecule has 0 radical (unpaired) electrons. The van der Waals surface area contributed by atoms with Crippen molar-refractivity contribution in [3.05, 3.63) is 54.0 Å². The Morgan fingerprint density at radius 1 is 1.04 bits per heavy atom. The number of aromatic nitrogens is 3. The van der Waals surface area contributed by atoms with Crippen LogP contribution in [0.5, 0.6) is 0 Å². The second-order valence-electron chi connectivity index (χ2n) is 8.92. The van der Waals surface area contributed by atoms with Crippen LogP contribution in [-0.2, 0) is 6.42 Å². The molecule has 2 aromatic heterocycles. The van der Waals surface area contributed by atoms with Gasteiger partial charge in [0.25, 0.3) is 0 Å². The van der Waals surface area contributed by atoms with E-state index in [1.54, 1.807) is 0 Å². The van der Waals surface area contributed by atoms with Crippen molar-refractivity contribution in [2.45, 2.75) is 44.6 Å². The van der Waals surface area contributed by atoms with Gasteiger partial charge in [-0.25, -0.2) is 0 Å². The van der Waals surface area contributed by atoms with Crippen LogP contribution in [0.4, 0.5) is 11.4 Å². The van der Waals surface area contributed by atoms with E-state index in [1.807, 2.05) is 0 Å². The maximum atomic E-state index is 4.54.